The number of carbonyl (C=O) groups excluding carboxylic acids is 1. The summed E-state index contributed by atoms with van der Waals surface area (Å²) in [5.74, 6) is 1.07. The second-order valence-electron chi connectivity index (χ2n) is 10.4. The largest absolute Gasteiger partial charge is 0.573 e. The van der Waals surface area contributed by atoms with Gasteiger partial charge >= 0.3 is 12.4 Å². The van der Waals surface area contributed by atoms with Gasteiger partial charge in [0.1, 0.15) is 12.1 Å². The summed E-state index contributed by atoms with van der Waals surface area (Å²) < 4.78 is 42.6. The number of halogens is 3. The van der Waals surface area contributed by atoms with Gasteiger partial charge in [0.25, 0.3) is 0 Å². The van der Waals surface area contributed by atoms with Crippen molar-refractivity contribution in [2.24, 2.45) is 4.99 Å². The van der Waals surface area contributed by atoms with Crippen LogP contribution in [0.2, 0.25) is 0 Å². The molecule has 3 aromatic carbocycles. The molecule has 4 aromatic rings. The Labute approximate surface area is 252 Å². The Balaban J connectivity index is 1.18. The molecule has 2 amide bonds. The minimum atomic E-state index is -4.75. The molecule has 0 aliphatic carbocycles. The first-order valence-electron chi connectivity index (χ1n) is 13.7. The van der Waals surface area contributed by atoms with Crippen LogP contribution in [-0.2, 0) is 0 Å². The van der Waals surface area contributed by atoms with E-state index in [0.717, 1.165) is 29.1 Å². The quantitative estimate of drug-likeness (QED) is 0.239. The van der Waals surface area contributed by atoms with E-state index < -0.39 is 6.36 Å². The Morgan fingerprint density at radius 1 is 1.07 bits per heavy atom. The molecule has 1 atom stereocenters. The van der Waals surface area contributed by atoms with Gasteiger partial charge in [-0.2, -0.15) is 4.99 Å². The molecule has 1 fully saturated rings. The average Bonchev–Trinajstić information content (AvgIpc) is 3.61. The fraction of sp³-hybridized carbons (Fsp3) is 0.290. The number of anilines is 1. The van der Waals surface area contributed by atoms with E-state index in [0.29, 0.717) is 23.2 Å². The Bertz CT molecular complexity index is 1610. The first-order valence-corrected chi connectivity index (χ1v) is 14.7. The molecule has 8 nitrogen and oxygen atoms in total. The molecule has 2 heterocycles. The van der Waals surface area contributed by atoms with E-state index in [9.17, 15) is 18.0 Å². The molecule has 1 N–H and O–H groups in total. The van der Waals surface area contributed by atoms with Gasteiger partial charge in [-0.3, -0.25) is 0 Å². The van der Waals surface area contributed by atoms with E-state index in [1.54, 1.807) is 11.8 Å². The lowest BCUT2D eigenvalue weighted by Crippen LogP contribution is -2.30. The molecule has 5 rings (SSSR count). The number of amides is 2. The highest BCUT2D eigenvalue weighted by Gasteiger charge is 2.31. The van der Waals surface area contributed by atoms with Gasteiger partial charge in [-0.1, -0.05) is 60.6 Å². The number of aryl methyl sites for hydroxylation is 3. The maximum Gasteiger partial charge on any atom is 0.573 e. The second kappa shape index (κ2) is 12.5. The summed E-state index contributed by atoms with van der Waals surface area (Å²) >= 11 is 1.58. The number of amidine groups is 1. The number of aliphatic imine (C=N–C) groups is 1. The normalized spacial score (nSPS) is 15.1. The first kappa shape index (κ1) is 30.1. The predicted octanol–water partition coefficient (Wildman–Crippen LogP) is 7.18. The van der Waals surface area contributed by atoms with Crippen LogP contribution in [0, 0.1) is 20.8 Å². The van der Waals surface area contributed by atoms with Crippen LogP contribution in [0.5, 0.6) is 5.75 Å². The summed E-state index contributed by atoms with van der Waals surface area (Å²) in [5, 5.41) is 8.09. The van der Waals surface area contributed by atoms with Gasteiger partial charge in [0.2, 0.25) is 0 Å². The maximum atomic E-state index is 12.8. The van der Waals surface area contributed by atoms with Crippen molar-refractivity contribution >= 4 is 28.6 Å². The maximum absolute atomic E-state index is 12.8. The highest BCUT2D eigenvalue weighted by atomic mass is 32.2. The molecule has 0 spiro atoms. The molecular formula is C31H31F3N6O2S. The van der Waals surface area contributed by atoms with E-state index in [1.165, 1.54) is 52.0 Å². The fourth-order valence-corrected chi connectivity index (χ4v) is 6.01. The minimum Gasteiger partial charge on any atom is -0.406 e. The van der Waals surface area contributed by atoms with Crippen molar-refractivity contribution in [3.05, 3.63) is 89.2 Å². The minimum absolute atomic E-state index is 0.0371. The lowest BCUT2D eigenvalue weighted by atomic mass is 10.00. The van der Waals surface area contributed by atoms with Crippen LogP contribution in [0.25, 0.3) is 17.1 Å². The Morgan fingerprint density at radius 2 is 1.74 bits per heavy atom. The number of nitrogens with one attached hydrogen (secondary N) is 1. The lowest BCUT2D eigenvalue weighted by molar-refractivity contribution is -0.274. The first-order chi connectivity index (χ1) is 20.5. The molecule has 12 heteroatoms. The zero-order chi connectivity index (χ0) is 30.7. The molecule has 1 aromatic heterocycles. The summed E-state index contributed by atoms with van der Waals surface area (Å²) in [5.41, 5.74) is 7.01. The van der Waals surface area contributed by atoms with Gasteiger partial charge < -0.3 is 15.0 Å². The molecule has 1 aliphatic heterocycles. The lowest BCUT2D eigenvalue weighted by Gasteiger charge is -2.23. The van der Waals surface area contributed by atoms with Crippen LogP contribution in [0.15, 0.2) is 72.0 Å². The highest BCUT2D eigenvalue weighted by molar-refractivity contribution is 8.14. The number of hydrogen-bond acceptors (Lipinski definition) is 5. The van der Waals surface area contributed by atoms with Gasteiger partial charge in [-0.05, 0) is 67.6 Å². The third-order valence-corrected chi connectivity index (χ3v) is 7.96. The number of alkyl halides is 3. The van der Waals surface area contributed by atoms with Crippen molar-refractivity contribution in [2.45, 2.75) is 40.0 Å². The molecule has 1 saturated heterocycles. The topological polar surface area (TPSA) is 84.6 Å². The summed E-state index contributed by atoms with van der Waals surface area (Å²) in [7, 11) is 0. The van der Waals surface area contributed by atoms with Crippen LogP contribution in [0.1, 0.15) is 35.1 Å². The van der Waals surface area contributed by atoms with Crippen LogP contribution in [0.3, 0.4) is 0 Å². The van der Waals surface area contributed by atoms with E-state index >= 15 is 0 Å². The van der Waals surface area contributed by atoms with Crippen LogP contribution in [-0.4, -0.2) is 51.2 Å². The van der Waals surface area contributed by atoms with E-state index in [2.05, 4.69) is 62.9 Å². The molecule has 0 bridgehead atoms. The number of thioether (sulfide) groups is 1. The molecule has 1 unspecified atom stereocenters. The van der Waals surface area contributed by atoms with Crippen molar-refractivity contribution in [1.82, 2.24) is 20.1 Å². The predicted molar refractivity (Wildman–Crippen MR) is 163 cm³/mol. The van der Waals surface area contributed by atoms with Crippen molar-refractivity contribution in [3.8, 4) is 22.8 Å². The van der Waals surface area contributed by atoms with Crippen LogP contribution in [0.4, 0.5) is 23.7 Å². The zero-order valence-electron chi connectivity index (χ0n) is 24.1. The van der Waals surface area contributed by atoms with Gasteiger partial charge in [0.15, 0.2) is 11.0 Å². The molecule has 1 aliphatic rings. The van der Waals surface area contributed by atoms with E-state index in [-0.39, 0.29) is 17.7 Å². The third kappa shape index (κ3) is 7.37. The number of ether oxygens (including phenoxy) is 1. The smallest absolute Gasteiger partial charge is 0.406 e. The number of aromatic nitrogens is 3. The van der Waals surface area contributed by atoms with Crippen molar-refractivity contribution < 1.29 is 22.7 Å². The highest BCUT2D eigenvalue weighted by Crippen LogP contribution is 2.32. The Hall–Kier alpha value is -4.32. The fourth-order valence-electron chi connectivity index (χ4n) is 5.07. The molecular weight excluding hydrogens is 577 g/mol. The summed E-state index contributed by atoms with van der Waals surface area (Å²) in [4.78, 5) is 23.6. The number of benzene rings is 3. The molecule has 0 saturated carbocycles. The molecule has 0 radical (unpaired) electrons. The van der Waals surface area contributed by atoms with Gasteiger partial charge in [0, 0.05) is 30.1 Å². The van der Waals surface area contributed by atoms with Gasteiger partial charge in [0.05, 0.1) is 5.69 Å². The summed E-state index contributed by atoms with van der Waals surface area (Å²) in [6, 6.07) is 17.0. The monoisotopic (exact) mass is 608 g/mol. The Morgan fingerprint density at radius 3 is 2.40 bits per heavy atom. The SMILES string of the molecule is Cc1cc(C)c(N2CCSC2=NC(=O)NCC(C)c2ccc(-c3ncn(-c4ccc(OC(F)(F)F)cc4)n3)cc2)c(C)c1. The number of urea groups is 1. The standard InChI is InChI=1S/C31H31F3N6O2S/c1-19-15-20(2)27(21(3)16-19)39-13-14-43-30(39)37-29(41)35-17-22(4)23-5-7-24(8-6-23)28-36-18-40(38-28)25-9-11-26(12-10-25)42-31(32,33)34/h5-12,15-16,18,22H,13-14,17H2,1-4H3,(H,35,41). The van der Waals surface area contributed by atoms with Crippen LogP contribution >= 0.6 is 11.8 Å². The summed E-state index contributed by atoms with van der Waals surface area (Å²) in [6.45, 7) is 9.50. The number of carbonyl (C=O) groups is 1. The Kier molecular flexibility index (Phi) is 8.77. The zero-order valence-corrected chi connectivity index (χ0v) is 25.0. The van der Waals surface area contributed by atoms with Gasteiger partial charge in [-0.25, -0.2) is 14.5 Å². The second-order valence-corrected chi connectivity index (χ2v) is 11.5. The number of nitrogens with zero attached hydrogens (tertiary/aromatic N) is 5. The number of hydrogen-bond donors (Lipinski definition) is 1. The molecule has 43 heavy (non-hydrogen) atoms. The average molecular weight is 609 g/mol. The van der Waals surface area contributed by atoms with Crippen molar-refractivity contribution in [1.29, 1.82) is 0 Å². The molecule has 224 valence electrons. The number of rotatable bonds is 7. The van der Waals surface area contributed by atoms with Crippen molar-refractivity contribution in [3.63, 3.8) is 0 Å². The van der Waals surface area contributed by atoms with E-state index in [4.69, 9.17) is 0 Å². The van der Waals surface area contributed by atoms with Crippen molar-refractivity contribution in [2.75, 3.05) is 23.7 Å². The van der Waals surface area contributed by atoms with Crippen LogP contribution < -0.4 is 15.0 Å². The van der Waals surface area contributed by atoms with E-state index in [1.807, 2.05) is 31.2 Å². The third-order valence-electron chi connectivity index (χ3n) is 7.00. The summed E-state index contributed by atoms with van der Waals surface area (Å²) in [6.07, 6.45) is -3.25. The van der Waals surface area contributed by atoms with Gasteiger partial charge in [-0.15, -0.1) is 18.3 Å².